The van der Waals surface area contributed by atoms with Crippen LogP contribution < -0.4 is 5.73 Å². The molecule has 3 heteroatoms. The molecule has 1 atom stereocenters. The van der Waals surface area contributed by atoms with Crippen LogP contribution in [0.3, 0.4) is 0 Å². The van der Waals surface area contributed by atoms with Crippen LogP contribution in [0.25, 0.3) is 5.57 Å². The molecule has 0 bridgehead atoms. The van der Waals surface area contributed by atoms with Crippen molar-refractivity contribution in [1.82, 2.24) is 0 Å². The smallest absolute Gasteiger partial charge is 0.130 e. The van der Waals surface area contributed by atoms with E-state index in [1.54, 1.807) is 6.07 Å². The largest absolute Gasteiger partial charge is 0.328 e. The van der Waals surface area contributed by atoms with E-state index >= 15 is 0 Å². The lowest BCUT2D eigenvalue weighted by atomic mass is 9.84. The Kier molecular flexibility index (Phi) is 4.57. The first-order valence-electron chi connectivity index (χ1n) is 6.50. The second-order valence-corrected chi connectivity index (χ2v) is 6.01. The van der Waals surface area contributed by atoms with Gasteiger partial charge in [0.15, 0.2) is 0 Å². The molecule has 1 aromatic rings. The van der Waals surface area contributed by atoms with Gasteiger partial charge in [0, 0.05) is 16.1 Å². The molecule has 1 nitrogen and oxygen atoms in total. The third-order valence-electron chi connectivity index (χ3n) is 3.40. The van der Waals surface area contributed by atoms with Crippen molar-refractivity contribution >= 4 is 21.5 Å². The summed E-state index contributed by atoms with van der Waals surface area (Å²) < 4.78 is 14.9. The van der Waals surface area contributed by atoms with Gasteiger partial charge in [0.05, 0.1) is 0 Å². The summed E-state index contributed by atoms with van der Waals surface area (Å²) in [7, 11) is 0. The van der Waals surface area contributed by atoms with E-state index in [2.05, 4.69) is 15.9 Å². The Bertz CT molecular complexity index is 466. The van der Waals surface area contributed by atoms with Gasteiger partial charge in [-0.2, -0.15) is 0 Å². The van der Waals surface area contributed by atoms with E-state index < -0.39 is 0 Å². The molecular formula is C15H19BrFN. The van der Waals surface area contributed by atoms with Crippen molar-refractivity contribution < 1.29 is 4.39 Å². The Hall–Kier alpha value is -0.670. The van der Waals surface area contributed by atoms with Crippen LogP contribution in [-0.4, -0.2) is 6.04 Å². The van der Waals surface area contributed by atoms with Gasteiger partial charge in [0.25, 0.3) is 0 Å². The molecule has 1 unspecified atom stereocenters. The summed E-state index contributed by atoms with van der Waals surface area (Å²) in [6, 6.07) is 5.30. The van der Waals surface area contributed by atoms with Crippen molar-refractivity contribution in [3.63, 3.8) is 0 Å². The minimum absolute atomic E-state index is 0.128. The molecular weight excluding hydrogens is 293 g/mol. The van der Waals surface area contributed by atoms with Crippen LogP contribution in [0.15, 0.2) is 28.2 Å². The van der Waals surface area contributed by atoms with E-state index in [0.29, 0.717) is 0 Å². The van der Waals surface area contributed by atoms with Crippen molar-refractivity contribution in [2.45, 2.75) is 45.1 Å². The molecule has 2 N–H and O–H groups in total. The zero-order valence-corrected chi connectivity index (χ0v) is 12.3. The molecule has 0 amide bonds. The first kappa shape index (κ1) is 13.8. The predicted molar refractivity (Wildman–Crippen MR) is 77.8 cm³/mol. The van der Waals surface area contributed by atoms with Gasteiger partial charge in [-0.25, -0.2) is 4.39 Å². The van der Waals surface area contributed by atoms with Crippen LogP contribution in [0, 0.1) is 5.82 Å². The third-order valence-corrected chi connectivity index (χ3v) is 3.90. The van der Waals surface area contributed by atoms with E-state index in [4.69, 9.17) is 5.73 Å². The number of nitrogens with two attached hydrogens (primary N) is 1. The van der Waals surface area contributed by atoms with E-state index in [1.807, 2.05) is 13.0 Å². The number of allylic oxidation sites excluding steroid dienone is 1. The highest BCUT2D eigenvalue weighted by Crippen LogP contribution is 2.36. The van der Waals surface area contributed by atoms with E-state index in [-0.39, 0.29) is 11.9 Å². The highest BCUT2D eigenvalue weighted by molar-refractivity contribution is 9.10. The molecule has 0 aliphatic heterocycles. The molecule has 2 rings (SSSR count). The van der Waals surface area contributed by atoms with Crippen LogP contribution in [0.2, 0.25) is 0 Å². The molecule has 0 fully saturated rings. The maximum atomic E-state index is 14.0. The average Bonchev–Trinajstić information content (AvgIpc) is 2.32. The van der Waals surface area contributed by atoms with Crippen molar-refractivity contribution in [3.05, 3.63) is 39.6 Å². The molecule has 0 saturated carbocycles. The van der Waals surface area contributed by atoms with Gasteiger partial charge in [-0.3, -0.25) is 0 Å². The predicted octanol–water partition coefficient (Wildman–Crippen LogP) is 4.65. The topological polar surface area (TPSA) is 26.0 Å². The summed E-state index contributed by atoms with van der Waals surface area (Å²) in [6.07, 6.45) is 5.24. The number of rotatable bonds is 3. The van der Waals surface area contributed by atoms with E-state index in [9.17, 15) is 4.39 Å². The lowest BCUT2D eigenvalue weighted by molar-refractivity contribution is 0.612. The van der Waals surface area contributed by atoms with Gasteiger partial charge < -0.3 is 5.73 Å². The SMILES string of the molecule is CC(N)CC1=C(c2cc(Br)ccc2F)CCCC1. The summed E-state index contributed by atoms with van der Waals surface area (Å²) >= 11 is 3.42. The maximum Gasteiger partial charge on any atom is 0.130 e. The molecule has 98 valence electrons. The Morgan fingerprint density at radius 3 is 2.78 bits per heavy atom. The fourth-order valence-corrected chi connectivity index (χ4v) is 3.00. The summed E-state index contributed by atoms with van der Waals surface area (Å²) in [5.74, 6) is -0.128. The monoisotopic (exact) mass is 311 g/mol. The number of benzene rings is 1. The normalized spacial score (nSPS) is 18.0. The second-order valence-electron chi connectivity index (χ2n) is 5.09. The minimum atomic E-state index is -0.128. The van der Waals surface area contributed by atoms with Gasteiger partial charge in [-0.05, 0) is 62.8 Å². The molecule has 0 spiro atoms. The molecule has 0 radical (unpaired) electrons. The van der Waals surface area contributed by atoms with Crippen LogP contribution in [-0.2, 0) is 0 Å². The molecule has 0 aromatic heterocycles. The van der Waals surface area contributed by atoms with Crippen LogP contribution >= 0.6 is 15.9 Å². The lowest BCUT2D eigenvalue weighted by Crippen LogP contribution is -2.17. The van der Waals surface area contributed by atoms with Gasteiger partial charge in [-0.15, -0.1) is 0 Å². The Balaban J connectivity index is 2.43. The summed E-state index contributed by atoms with van der Waals surface area (Å²) in [5, 5.41) is 0. The molecule has 1 aliphatic carbocycles. The van der Waals surface area contributed by atoms with Crippen molar-refractivity contribution in [2.75, 3.05) is 0 Å². The summed E-state index contributed by atoms with van der Waals surface area (Å²) in [6.45, 7) is 2.01. The Labute approximate surface area is 116 Å². The van der Waals surface area contributed by atoms with Gasteiger partial charge in [0.2, 0.25) is 0 Å². The van der Waals surface area contributed by atoms with Crippen molar-refractivity contribution in [3.8, 4) is 0 Å². The van der Waals surface area contributed by atoms with E-state index in [0.717, 1.165) is 35.7 Å². The quantitative estimate of drug-likeness (QED) is 0.863. The fraction of sp³-hybridized carbons (Fsp3) is 0.467. The molecule has 0 heterocycles. The standard InChI is InChI=1S/C15H19BrFN/c1-10(18)8-11-4-2-3-5-13(11)14-9-12(16)6-7-15(14)17/h6-7,9-10H,2-5,8,18H2,1H3. The number of hydrogen-bond donors (Lipinski definition) is 1. The second kappa shape index (κ2) is 5.98. The van der Waals surface area contributed by atoms with Gasteiger partial charge in [0.1, 0.15) is 5.82 Å². The van der Waals surface area contributed by atoms with E-state index in [1.165, 1.54) is 23.6 Å². The summed E-state index contributed by atoms with van der Waals surface area (Å²) in [5.41, 5.74) is 9.16. The van der Waals surface area contributed by atoms with Gasteiger partial charge in [-0.1, -0.05) is 21.5 Å². The average molecular weight is 312 g/mol. The van der Waals surface area contributed by atoms with Crippen molar-refractivity contribution in [1.29, 1.82) is 0 Å². The lowest BCUT2D eigenvalue weighted by Gasteiger charge is -2.22. The highest BCUT2D eigenvalue weighted by Gasteiger charge is 2.18. The van der Waals surface area contributed by atoms with Crippen LogP contribution in [0.4, 0.5) is 4.39 Å². The Morgan fingerprint density at radius 2 is 2.06 bits per heavy atom. The molecule has 1 aliphatic rings. The molecule has 18 heavy (non-hydrogen) atoms. The van der Waals surface area contributed by atoms with Crippen LogP contribution in [0.5, 0.6) is 0 Å². The number of halogens is 2. The number of hydrogen-bond acceptors (Lipinski definition) is 1. The maximum absolute atomic E-state index is 14.0. The van der Waals surface area contributed by atoms with Crippen LogP contribution in [0.1, 0.15) is 44.6 Å². The zero-order chi connectivity index (χ0) is 13.1. The first-order chi connectivity index (χ1) is 8.58. The molecule has 0 saturated heterocycles. The van der Waals surface area contributed by atoms with Crippen molar-refractivity contribution in [2.24, 2.45) is 5.73 Å². The third kappa shape index (κ3) is 3.21. The molecule has 1 aromatic carbocycles. The fourth-order valence-electron chi connectivity index (χ4n) is 2.64. The highest BCUT2D eigenvalue weighted by atomic mass is 79.9. The minimum Gasteiger partial charge on any atom is -0.328 e. The van der Waals surface area contributed by atoms with Gasteiger partial charge >= 0.3 is 0 Å². The summed E-state index contributed by atoms with van der Waals surface area (Å²) in [4.78, 5) is 0. The zero-order valence-electron chi connectivity index (χ0n) is 10.7. The first-order valence-corrected chi connectivity index (χ1v) is 7.29. The Morgan fingerprint density at radius 1 is 1.33 bits per heavy atom.